The van der Waals surface area contributed by atoms with E-state index in [-0.39, 0.29) is 0 Å². The predicted molar refractivity (Wildman–Crippen MR) is 107 cm³/mol. The van der Waals surface area contributed by atoms with Gasteiger partial charge in [0.25, 0.3) is 0 Å². The molecule has 25 heavy (non-hydrogen) atoms. The number of hydrogen-bond acceptors (Lipinski definition) is 4. The summed E-state index contributed by atoms with van der Waals surface area (Å²) in [6, 6.07) is 0. The zero-order valence-corrected chi connectivity index (χ0v) is 16.6. The summed E-state index contributed by atoms with van der Waals surface area (Å²) in [6.07, 6.45) is 6.56. The largest absolute Gasteiger partial charge is 0.357 e. The lowest BCUT2D eigenvalue weighted by Crippen LogP contribution is -2.42. The number of nitrogens with zero attached hydrogens (tertiary/aromatic N) is 4. The van der Waals surface area contributed by atoms with Gasteiger partial charge in [-0.05, 0) is 72.4 Å². The first-order chi connectivity index (χ1) is 12.3. The molecule has 0 aromatic carbocycles. The fraction of sp³-hybridized carbons (Fsp3) is 0.947. The van der Waals surface area contributed by atoms with Crippen molar-refractivity contribution in [3.63, 3.8) is 0 Å². The Bertz CT molecular complexity index is 367. The van der Waals surface area contributed by atoms with E-state index in [2.05, 4.69) is 39.3 Å². The van der Waals surface area contributed by atoms with E-state index in [0.717, 1.165) is 38.6 Å². The van der Waals surface area contributed by atoms with Crippen molar-refractivity contribution in [1.29, 1.82) is 0 Å². The maximum absolute atomic E-state index is 4.76. The normalized spacial score (nSPS) is 21.9. The molecule has 0 atom stereocenters. The minimum atomic E-state index is 0.908. The van der Waals surface area contributed by atoms with Gasteiger partial charge >= 0.3 is 0 Å². The maximum atomic E-state index is 4.76. The first kappa shape index (κ1) is 20.5. The van der Waals surface area contributed by atoms with E-state index < -0.39 is 0 Å². The van der Waals surface area contributed by atoms with E-state index in [1.165, 1.54) is 71.5 Å². The van der Waals surface area contributed by atoms with Crippen molar-refractivity contribution in [3.8, 4) is 0 Å². The van der Waals surface area contributed by atoms with Crippen LogP contribution in [0.2, 0.25) is 0 Å². The molecule has 0 bridgehead atoms. The molecule has 0 aromatic heterocycles. The minimum absolute atomic E-state index is 0.908. The molecule has 2 rings (SSSR count). The first-order valence-corrected chi connectivity index (χ1v) is 10.4. The fourth-order valence-corrected chi connectivity index (χ4v) is 3.67. The average molecular weight is 353 g/mol. The number of guanidine groups is 1. The SMILES string of the molecule is CCNC(=NCCCN1CCCN(C)CC1)NCCN1CCCCC1. The van der Waals surface area contributed by atoms with Gasteiger partial charge in [-0.1, -0.05) is 6.42 Å². The molecular formula is C19H40N6. The van der Waals surface area contributed by atoms with Gasteiger partial charge in [0, 0.05) is 39.3 Å². The molecule has 0 radical (unpaired) electrons. The van der Waals surface area contributed by atoms with Gasteiger partial charge in [-0.3, -0.25) is 4.99 Å². The third-order valence-corrected chi connectivity index (χ3v) is 5.23. The number of nitrogens with one attached hydrogen (secondary N) is 2. The number of hydrogen-bond donors (Lipinski definition) is 2. The summed E-state index contributed by atoms with van der Waals surface area (Å²) in [7, 11) is 2.23. The molecule has 2 aliphatic heterocycles. The second kappa shape index (κ2) is 12.5. The topological polar surface area (TPSA) is 46.1 Å². The Balaban J connectivity index is 1.60. The van der Waals surface area contributed by atoms with Gasteiger partial charge in [-0.25, -0.2) is 0 Å². The monoisotopic (exact) mass is 352 g/mol. The Hall–Kier alpha value is -0.850. The number of aliphatic imine (C=N–C) groups is 1. The third-order valence-electron chi connectivity index (χ3n) is 5.23. The fourth-order valence-electron chi connectivity index (χ4n) is 3.67. The highest BCUT2D eigenvalue weighted by molar-refractivity contribution is 5.79. The Labute approximate surface area is 155 Å². The number of likely N-dealkylation sites (tertiary alicyclic amines) is 1. The van der Waals surface area contributed by atoms with Gasteiger partial charge in [0.2, 0.25) is 0 Å². The number of likely N-dealkylation sites (N-methyl/N-ethyl adjacent to an activating group) is 1. The zero-order chi connectivity index (χ0) is 17.7. The van der Waals surface area contributed by atoms with E-state index in [9.17, 15) is 0 Å². The second-order valence-electron chi connectivity index (χ2n) is 7.44. The van der Waals surface area contributed by atoms with E-state index in [1.807, 2.05) is 0 Å². The summed E-state index contributed by atoms with van der Waals surface area (Å²) < 4.78 is 0. The molecular weight excluding hydrogens is 312 g/mol. The molecule has 0 spiro atoms. The highest BCUT2D eigenvalue weighted by Gasteiger charge is 2.11. The van der Waals surface area contributed by atoms with Gasteiger partial charge in [0.1, 0.15) is 0 Å². The van der Waals surface area contributed by atoms with E-state index in [1.54, 1.807) is 0 Å². The lowest BCUT2D eigenvalue weighted by atomic mass is 10.1. The van der Waals surface area contributed by atoms with Crippen molar-refractivity contribution < 1.29 is 0 Å². The van der Waals surface area contributed by atoms with Crippen LogP contribution in [-0.4, -0.2) is 99.7 Å². The minimum Gasteiger partial charge on any atom is -0.357 e. The van der Waals surface area contributed by atoms with Gasteiger partial charge in [0.05, 0.1) is 0 Å². The van der Waals surface area contributed by atoms with Crippen LogP contribution in [0.25, 0.3) is 0 Å². The molecule has 2 N–H and O–H groups in total. The Kier molecular flexibility index (Phi) is 10.2. The first-order valence-electron chi connectivity index (χ1n) is 10.4. The molecule has 6 nitrogen and oxygen atoms in total. The van der Waals surface area contributed by atoms with Crippen molar-refractivity contribution in [3.05, 3.63) is 0 Å². The van der Waals surface area contributed by atoms with Crippen molar-refractivity contribution in [2.24, 2.45) is 4.99 Å². The van der Waals surface area contributed by atoms with Crippen LogP contribution in [0, 0.1) is 0 Å². The summed E-state index contributed by atoms with van der Waals surface area (Å²) in [5, 5.41) is 6.87. The van der Waals surface area contributed by atoms with Crippen LogP contribution < -0.4 is 10.6 Å². The molecule has 6 heteroatoms. The summed E-state index contributed by atoms with van der Waals surface area (Å²) in [6.45, 7) is 14.7. The molecule has 0 aromatic rings. The Morgan fingerprint density at radius 2 is 1.60 bits per heavy atom. The standard InChI is InChI=1S/C19H40N6/c1-3-20-19(22-10-16-24-12-5-4-6-13-24)21-9-7-14-25-15-8-11-23(2)17-18-25/h3-18H2,1-2H3,(H2,20,21,22). The van der Waals surface area contributed by atoms with E-state index >= 15 is 0 Å². The second-order valence-corrected chi connectivity index (χ2v) is 7.44. The Morgan fingerprint density at radius 1 is 0.840 bits per heavy atom. The van der Waals surface area contributed by atoms with E-state index in [0.29, 0.717) is 0 Å². The highest BCUT2D eigenvalue weighted by Crippen LogP contribution is 2.07. The summed E-state index contributed by atoms with van der Waals surface area (Å²) in [4.78, 5) is 12.4. The molecule has 0 unspecified atom stereocenters. The summed E-state index contributed by atoms with van der Waals surface area (Å²) in [5.74, 6) is 0.982. The van der Waals surface area contributed by atoms with Crippen molar-refractivity contribution in [2.75, 3.05) is 79.0 Å². The third kappa shape index (κ3) is 8.88. The van der Waals surface area contributed by atoms with Gasteiger partial charge in [-0.15, -0.1) is 0 Å². The van der Waals surface area contributed by atoms with Crippen LogP contribution in [0.1, 0.15) is 39.0 Å². The molecule has 2 aliphatic rings. The van der Waals surface area contributed by atoms with Crippen LogP contribution in [0.15, 0.2) is 4.99 Å². The van der Waals surface area contributed by atoms with Gasteiger partial charge in [-0.2, -0.15) is 0 Å². The lowest BCUT2D eigenvalue weighted by Gasteiger charge is -2.26. The van der Waals surface area contributed by atoms with Crippen molar-refractivity contribution in [1.82, 2.24) is 25.3 Å². The molecule has 0 amide bonds. The van der Waals surface area contributed by atoms with E-state index in [4.69, 9.17) is 4.99 Å². The summed E-state index contributed by atoms with van der Waals surface area (Å²) >= 11 is 0. The van der Waals surface area contributed by atoms with Crippen LogP contribution in [0.5, 0.6) is 0 Å². The molecule has 0 saturated carbocycles. The van der Waals surface area contributed by atoms with Gasteiger partial charge in [0.15, 0.2) is 5.96 Å². The van der Waals surface area contributed by atoms with Gasteiger partial charge < -0.3 is 25.3 Å². The smallest absolute Gasteiger partial charge is 0.191 e. The zero-order valence-electron chi connectivity index (χ0n) is 16.6. The molecule has 2 saturated heterocycles. The molecule has 0 aliphatic carbocycles. The number of piperidine rings is 1. The van der Waals surface area contributed by atoms with Crippen LogP contribution in [0.3, 0.4) is 0 Å². The van der Waals surface area contributed by atoms with Crippen LogP contribution >= 0.6 is 0 Å². The highest BCUT2D eigenvalue weighted by atomic mass is 15.2. The number of rotatable bonds is 8. The van der Waals surface area contributed by atoms with Crippen LogP contribution in [0.4, 0.5) is 0 Å². The maximum Gasteiger partial charge on any atom is 0.191 e. The summed E-state index contributed by atoms with van der Waals surface area (Å²) in [5.41, 5.74) is 0. The van der Waals surface area contributed by atoms with Crippen molar-refractivity contribution in [2.45, 2.75) is 39.0 Å². The predicted octanol–water partition coefficient (Wildman–Crippen LogP) is 1.06. The average Bonchev–Trinajstić information content (AvgIpc) is 2.84. The lowest BCUT2D eigenvalue weighted by molar-refractivity contribution is 0.232. The molecule has 2 heterocycles. The van der Waals surface area contributed by atoms with Crippen LogP contribution in [-0.2, 0) is 0 Å². The molecule has 146 valence electrons. The van der Waals surface area contributed by atoms with Crippen molar-refractivity contribution >= 4 is 5.96 Å². The molecule has 2 fully saturated rings. The Morgan fingerprint density at radius 3 is 2.40 bits per heavy atom. The quantitative estimate of drug-likeness (QED) is 0.388.